The SMILES string of the molecule is CC(C)c1ccc(-c2csc(NC(=O)c3ccc(Cn4ccccc4=O)o3)n2)cc1. The molecule has 0 aliphatic heterocycles. The fourth-order valence-electron chi connectivity index (χ4n) is 3.01. The highest BCUT2D eigenvalue weighted by atomic mass is 32.1. The van der Waals surface area contributed by atoms with Crippen LogP contribution in [0.5, 0.6) is 0 Å². The van der Waals surface area contributed by atoms with Crippen LogP contribution in [-0.2, 0) is 6.54 Å². The van der Waals surface area contributed by atoms with Crippen LogP contribution < -0.4 is 10.9 Å². The quantitative estimate of drug-likeness (QED) is 0.478. The molecule has 0 saturated carbocycles. The zero-order valence-electron chi connectivity index (χ0n) is 16.7. The standard InChI is InChI=1S/C23H21N3O3S/c1-15(2)16-6-8-17(9-7-16)19-14-30-23(24-19)25-22(28)20-11-10-18(29-20)13-26-12-4-3-5-21(26)27/h3-12,14-15H,13H2,1-2H3,(H,24,25,28). The normalized spacial score (nSPS) is 11.0. The summed E-state index contributed by atoms with van der Waals surface area (Å²) < 4.78 is 7.12. The number of nitrogens with zero attached hydrogens (tertiary/aromatic N) is 2. The van der Waals surface area contributed by atoms with Gasteiger partial charge in [0.05, 0.1) is 12.2 Å². The van der Waals surface area contributed by atoms with Gasteiger partial charge in [0.1, 0.15) is 5.76 Å². The number of carbonyl (C=O) groups excluding carboxylic acids is 1. The highest BCUT2D eigenvalue weighted by molar-refractivity contribution is 7.14. The van der Waals surface area contributed by atoms with Gasteiger partial charge in [-0.1, -0.05) is 44.2 Å². The second-order valence-corrected chi connectivity index (χ2v) is 8.06. The Kier molecular flexibility index (Phi) is 5.63. The molecule has 6 nitrogen and oxygen atoms in total. The topological polar surface area (TPSA) is 77.1 Å². The van der Waals surface area contributed by atoms with Gasteiger partial charge < -0.3 is 8.98 Å². The summed E-state index contributed by atoms with van der Waals surface area (Å²) in [7, 11) is 0. The summed E-state index contributed by atoms with van der Waals surface area (Å²) in [6.45, 7) is 4.58. The van der Waals surface area contributed by atoms with E-state index in [4.69, 9.17) is 4.42 Å². The third kappa shape index (κ3) is 4.41. The second kappa shape index (κ2) is 8.51. The average molecular weight is 420 g/mol. The molecule has 7 heteroatoms. The largest absolute Gasteiger partial charge is 0.454 e. The van der Waals surface area contributed by atoms with Crippen molar-refractivity contribution in [3.05, 3.63) is 93.6 Å². The van der Waals surface area contributed by atoms with E-state index in [1.54, 1.807) is 30.5 Å². The van der Waals surface area contributed by atoms with Gasteiger partial charge in [0.15, 0.2) is 10.9 Å². The Balaban J connectivity index is 1.43. The number of nitrogens with one attached hydrogen (secondary N) is 1. The zero-order valence-corrected chi connectivity index (χ0v) is 17.5. The van der Waals surface area contributed by atoms with Crippen LogP contribution in [0.1, 0.15) is 41.6 Å². The Morgan fingerprint density at radius 1 is 1.13 bits per heavy atom. The molecule has 30 heavy (non-hydrogen) atoms. The van der Waals surface area contributed by atoms with Gasteiger partial charge in [0.2, 0.25) is 0 Å². The average Bonchev–Trinajstić information content (AvgIpc) is 3.40. The third-order valence-corrected chi connectivity index (χ3v) is 5.47. The number of hydrogen-bond acceptors (Lipinski definition) is 5. The maximum absolute atomic E-state index is 12.5. The first-order chi connectivity index (χ1) is 14.5. The number of carbonyl (C=O) groups is 1. The molecule has 1 N–H and O–H groups in total. The predicted octanol–water partition coefficient (Wildman–Crippen LogP) is 4.99. The minimum absolute atomic E-state index is 0.128. The molecule has 1 aromatic carbocycles. The molecular weight excluding hydrogens is 398 g/mol. The van der Waals surface area contributed by atoms with Crippen molar-refractivity contribution in [1.29, 1.82) is 0 Å². The summed E-state index contributed by atoms with van der Waals surface area (Å²) in [6.07, 6.45) is 1.68. The molecule has 0 bridgehead atoms. The van der Waals surface area contributed by atoms with Crippen LogP contribution in [0.2, 0.25) is 0 Å². The predicted molar refractivity (Wildman–Crippen MR) is 118 cm³/mol. The zero-order chi connectivity index (χ0) is 21.1. The van der Waals surface area contributed by atoms with Gasteiger partial charge in [-0.3, -0.25) is 14.9 Å². The Hall–Kier alpha value is -3.45. The highest BCUT2D eigenvalue weighted by Gasteiger charge is 2.14. The number of hydrogen-bond donors (Lipinski definition) is 1. The third-order valence-electron chi connectivity index (χ3n) is 4.71. The number of furan rings is 1. The van der Waals surface area contributed by atoms with Crippen molar-refractivity contribution in [1.82, 2.24) is 9.55 Å². The monoisotopic (exact) mass is 419 g/mol. The van der Waals surface area contributed by atoms with Crippen LogP contribution in [0.25, 0.3) is 11.3 Å². The Bertz CT molecular complexity index is 1220. The number of amides is 1. The molecule has 0 radical (unpaired) electrons. The molecule has 152 valence electrons. The van der Waals surface area contributed by atoms with Crippen LogP contribution in [0.3, 0.4) is 0 Å². The van der Waals surface area contributed by atoms with E-state index in [0.717, 1.165) is 11.3 Å². The van der Waals surface area contributed by atoms with Crippen LogP contribution in [0.4, 0.5) is 5.13 Å². The first-order valence-corrected chi connectivity index (χ1v) is 10.5. The van der Waals surface area contributed by atoms with E-state index in [9.17, 15) is 9.59 Å². The van der Waals surface area contributed by atoms with E-state index < -0.39 is 0 Å². The molecule has 1 amide bonds. The van der Waals surface area contributed by atoms with E-state index in [0.29, 0.717) is 16.8 Å². The minimum atomic E-state index is -0.377. The van der Waals surface area contributed by atoms with Crippen molar-refractivity contribution in [2.24, 2.45) is 0 Å². The van der Waals surface area contributed by atoms with Crippen LogP contribution >= 0.6 is 11.3 Å². The summed E-state index contributed by atoms with van der Waals surface area (Å²) in [5.41, 5.74) is 2.96. The Labute approximate surface area is 177 Å². The summed E-state index contributed by atoms with van der Waals surface area (Å²) in [6, 6.07) is 16.5. The molecule has 0 aliphatic carbocycles. The maximum Gasteiger partial charge on any atom is 0.293 e. The van der Waals surface area contributed by atoms with Gasteiger partial charge in [-0.05, 0) is 29.7 Å². The van der Waals surface area contributed by atoms with E-state index in [1.807, 2.05) is 17.5 Å². The molecule has 0 spiro atoms. The lowest BCUT2D eigenvalue weighted by Gasteiger charge is -2.05. The Morgan fingerprint density at radius 3 is 2.67 bits per heavy atom. The van der Waals surface area contributed by atoms with Crippen molar-refractivity contribution in [2.45, 2.75) is 26.3 Å². The number of thiazole rings is 1. The number of anilines is 1. The lowest BCUT2D eigenvalue weighted by Crippen LogP contribution is -2.18. The van der Waals surface area contributed by atoms with Gasteiger partial charge >= 0.3 is 0 Å². The van der Waals surface area contributed by atoms with Crippen LogP contribution in [-0.4, -0.2) is 15.5 Å². The molecule has 0 unspecified atom stereocenters. The van der Waals surface area contributed by atoms with Crippen LogP contribution in [0.15, 0.2) is 75.4 Å². The van der Waals surface area contributed by atoms with Crippen molar-refractivity contribution in [3.8, 4) is 11.3 Å². The van der Waals surface area contributed by atoms with E-state index in [2.05, 4.69) is 36.3 Å². The summed E-state index contributed by atoms with van der Waals surface area (Å²) in [5, 5.41) is 5.18. The summed E-state index contributed by atoms with van der Waals surface area (Å²) in [5.74, 6) is 0.797. The van der Waals surface area contributed by atoms with Gasteiger partial charge in [-0.2, -0.15) is 0 Å². The molecule has 0 saturated heterocycles. The molecule has 4 aromatic rings. The van der Waals surface area contributed by atoms with Crippen molar-refractivity contribution < 1.29 is 9.21 Å². The molecule has 0 aliphatic rings. The first kappa shape index (κ1) is 19.8. The maximum atomic E-state index is 12.5. The molecule has 3 heterocycles. The van der Waals surface area contributed by atoms with Crippen molar-refractivity contribution in [3.63, 3.8) is 0 Å². The van der Waals surface area contributed by atoms with Crippen LogP contribution in [0, 0.1) is 0 Å². The molecule has 4 rings (SSSR count). The van der Waals surface area contributed by atoms with Crippen molar-refractivity contribution >= 4 is 22.4 Å². The smallest absolute Gasteiger partial charge is 0.293 e. The number of rotatable bonds is 6. The fourth-order valence-corrected chi connectivity index (χ4v) is 3.72. The van der Waals surface area contributed by atoms with E-state index in [1.165, 1.54) is 27.5 Å². The lowest BCUT2D eigenvalue weighted by atomic mass is 10.0. The number of aromatic nitrogens is 2. The summed E-state index contributed by atoms with van der Waals surface area (Å²) >= 11 is 1.36. The fraction of sp³-hybridized carbons (Fsp3) is 0.174. The van der Waals surface area contributed by atoms with Gasteiger partial charge in [0.25, 0.3) is 11.5 Å². The Morgan fingerprint density at radius 2 is 1.93 bits per heavy atom. The summed E-state index contributed by atoms with van der Waals surface area (Å²) in [4.78, 5) is 28.8. The van der Waals surface area contributed by atoms with Gasteiger partial charge in [-0.15, -0.1) is 11.3 Å². The lowest BCUT2D eigenvalue weighted by molar-refractivity contribution is 0.0994. The second-order valence-electron chi connectivity index (χ2n) is 7.20. The van der Waals surface area contributed by atoms with Gasteiger partial charge in [0, 0.05) is 23.2 Å². The number of benzene rings is 1. The minimum Gasteiger partial charge on any atom is -0.454 e. The van der Waals surface area contributed by atoms with Crippen molar-refractivity contribution in [2.75, 3.05) is 5.32 Å². The highest BCUT2D eigenvalue weighted by Crippen LogP contribution is 2.27. The van der Waals surface area contributed by atoms with Gasteiger partial charge in [-0.25, -0.2) is 4.98 Å². The van der Waals surface area contributed by atoms with E-state index in [-0.39, 0.29) is 23.8 Å². The van der Waals surface area contributed by atoms with E-state index >= 15 is 0 Å². The molecule has 0 fully saturated rings. The molecule has 0 atom stereocenters. The number of pyridine rings is 1. The molecule has 3 aromatic heterocycles. The first-order valence-electron chi connectivity index (χ1n) is 9.61. The molecular formula is C23H21N3O3S.